The van der Waals surface area contributed by atoms with Crippen LogP contribution in [0, 0.1) is 13.8 Å². The van der Waals surface area contributed by atoms with Gasteiger partial charge in [-0.2, -0.15) is 0 Å². The second kappa shape index (κ2) is 7.10. The summed E-state index contributed by atoms with van der Waals surface area (Å²) in [4.78, 5) is 16.9. The Morgan fingerprint density at radius 2 is 1.91 bits per heavy atom. The molecule has 0 saturated heterocycles. The molecule has 23 heavy (non-hydrogen) atoms. The molecular formula is C15H18N2O4S2. The molecule has 0 bridgehead atoms. The molecule has 0 aliphatic rings. The van der Waals surface area contributed by atoms with Gasteiger partial charge in [0.05, 0.1) is 28.5 Å². The molecule has 1 N–H and O–H groups in total. The highest BCUT2D eigenvalue weighted by Gasteiger charge is 2.17. The van der Waals surface area contributed by atoms with Crippen LogP contribution in [-0.4, -0.2) is 38.7 Å². The molecule has 8 heteroatoms. The van der Waals surface area contributed by atoms with Crippen molar-refractivity contribution in [3.63, 3.8) is 0 Å². The molecule has 1 heterocycles. The number of benzene rings is 1. The number of sulfone groups is 1. The minimum atomic E-state index is -3.45. The summed E-state index contributed by atoms with van der Waals surface area (Å²) >= 11 is 1.29. The number of methoxy groups -OCH3 is 1. The van der Waals surface area contributed by atoms with Gasteiger partial charge in [-0.1, -0.05) is 0 Å². The Kier molecular flexibility index (Phi) is 5.38. The van der Waals surface area contributed by atoms with E-state index in [1.807, 2.05) is 6.92 Å². The van der Waals surface area contributed by atoms with E-state index in [0.717, 1.165) is 5.01 Å². The first-order valence-electron chi connectivity index (χ1n) is 6.92. The normalized spacial score (nSPS) is 11.3. The summed E-state index contributed by atoms with van der Waals surface area (Å²) < 4.78 is 29.4. The molecule has 0 atom stereocenters. The van der Waals surface area contributed by atoms with Crippen LogP contribution in [0.1, 0.15) is 20.4 Å². The van der Waals surface area contributed by atoms with Crippen LogP contribution in [0.3, 0.4) is 0 Å². The number of thiazole rings is 1. The highest BCUT2D eigenvalue weighted by molar-refractivity contribution is 7.91. The summed E-state index contributed by atoms with van der Waals surface area (Å²) in [6.45, 7) is 3.62. The minimum absolute atomic E-state index is 0.0452. The molecule has 0 radical (unpaired) electrons. The van der Waals surface area contributed by atoms with Crippen molar-refractivity contribution in [1.29, 1.82) is 0 Å². The fourth-order valence-electron chi connectivity index (χ4n) is 2.02. The van der Waals surface area contributed by atoms with E-state index in [4.69, 9.17) is 4.74 Å². The van der Waals surface area contributed by atoms with Gasteiger partial charge in [0, 0.05) is 6.54 Å². The Labute approximate surface area is 139 Å². The lowest BCUT2D eigenvalue weighted by Crippen LogP contribution is -2.29. The van der Waals surface area contributed by atoms with Crippen molar-refractivity contribution in [3.05, 3.63) is 39.8 Å². The van der Waals surface area contributed by atoms with Crippen molar-refractivity contribution >= 4 is 27.1 Å². The maximum atomic E-state index is 12.2. The topological polar surface area (TPSA) is 85.4 Å². The van der Waals surface area contributed by atoms with Crippen molar-refractivity contribution in [3.8, 4) is 5.75 Å². The maximum Gasteiger partial charge on any atom is 0.263 e. The van der Waals surface area contributed by atoms with Crippen molar-refractivity contribution in [1.82, 2.24) is 10.3 Å². The largest absolute Gasteiger partial charge is 0.497 e. The molecular weight excluding hydrogens is 336 g/mol. The van der Waals surface area contributed by atoms with Crippen LogP contribution in [0.15, 0.2) is 29.2 Å². The van der Waals surface area contributed by atoms with Crippen LogP contribution >= 0.6 is 11.3 Å². The molecule has 0 spiro atoms. The van der Waals surface area contributed by atoms with Gasteiger partial charge in [0.25, 0.3) is 5.91 Å². The molecule has 1 aromatic carbocycles. The van der Waals surface area contributed by atoms with Gasteiger partial charge in [-0.15, -0.1) is 11.3 Å². The van der Waals surface area contributed by atoms with Crippen molar-refractivity contribution in [2.45, 2.75) is 18.7 Å². The fourth-order valence-corrected chi connectivity index (χ4v) is 4.02. The Morgan fingerprint density at radius 1 is 1.26 bits per heavy atom. The third kappa shape index (κ3) is 4.29. The molecule has 124 valence electrons. The Morgan fingerprint density at radius 3 is 2.43 bits per heavy atom. The van der Waals surface area contributed by atoms with E-state index in [1.54, 1.807) is 19.1 Å². The first kappa shape index (κ1) is 17.4. The van der Waals surface area contributed by atoms with Gasteiger partial charge in [0.15, 0.2) is 9.84 Å². The minimum Gasteiger partial charge on any atom is -0.497 e. The summed E-state index contributed by atoms with van der Waals surface area (Å²) in [6.07, 6.45) is 0. The molecule has 0 fully saturated rings. The van der Waals surface area contributed by atoms with Gasteiger partial charge in [0.1, 0.15) is 10.6 Å². The van der Waals surface area contributed by atoms with Crippen LogP contribution in [0.2, 0.25) is 0 Å². The number of rotatable bonds is 6. The number of carbonyl (C=O) groups excluding carboxylic acids is 1. The summed E-state index contributed by atoms with van der Waals surface area (Å²) in [5.41, 5.74) is 0.656. The van der Waals surface area contributed by atoms with Gasteiger partial charge in [-0.05, 0) is 38.1 Å². The van der Waals surface area contributed by atoms with E-state index in [2.05, 4.69) is 10.3 Å². The maximum absolute atomic E-state index is 12.2. The van der Waals surface area contributed by atoms with E-state index < -0.39 is 9.84 Å². The summed E-state index contributed by atoms with van der Waals surface area (Å²) in [5.74, 6) is 0.133. The number of aromatic nitrogens is 1. The SMILES string of the molecule is COc1ccc(S(=O)(=O)CCNC(=O)c2sc(C)nc2C)cc1. The smallest absolute Gasteiger partial charge is 0.263 e. The fraction of sp³-hybridized carbons (Fsp3) is 0.333. The zero-order valence-corrected chi connectivity index (χ0v) is 14.8. The quantitative estimate of drug-likeness (QED) is 0.857. The Hall–Kier alpha value is -1.93. The third-order valence-electron chi connectivity index (χ3n) is 3.18. The highest BCUT2D eigenvalue weighted by atomic mass is 32.2. The molecule has 2 aromatic rings. The van der Waals surface area contributed by atoms with Gasteiger partial charge >= 0.3 is 0 Å². The number of nitrogens with one attached hydrogen (secondary N) is 1. The molecule has 0 unspecified atom stereocenters. The molecule has 0 aliphatic heterocycles. The predicted octanol–water partition coefficient (Wildman–Crippen LogP) is 1.97. The van der Waals surface area contributed by atoms with E-state index in [-0.39, 0.29) is 23.1 Å². The third-order valence-corrected chi connectivity index (χ3v) is 5.99. The highest BCUT2D eigenvalue weighted by Crippen LogP contribution is 2.18. The van der Waals surface area contributed by atoms with Crippen LogP contribution in [0.5, 0.6) is 5.75 Å². The standard InChI is InChI=1S/C15H18N2O4S2/c1-10-14(22-11(2)17-10)15(18)16-8-9-23(19,20)13-6-4-12(21-3)5-7-13/h4-7H,8-9H2,1-3H3,(H,16,18). The second-order valence-electron chi connectivity index (χ2n) is 4.90. The van der Waals surface area contributed by atoms with Crippen LogP contribution in [0.4, 0.5) is 0 Å². The summed E-state index contributed by atoms with van der Waals surface area (Å²) in [5, 5.41) is 3.43. The van der Waals surface area contributed by atoms with Crippen molar-refractivity contribution < 1.29 is 17.9 Å². The average Bonchev–Trinajstić information content (AvgIpc) is 2.86. The number of amides is 1. The first-order valence-corrected chi connectivity index (χ1v) is 9.39. The van der Waals surface area contributed by atoms with Crippen LogP contribution in [-0.2, 0) is 9.84 Å². The van der Waals surface area contributed by atoms with E-state index >= 15 is 0 Å². The van der Waals surface area contributed by atoms with E-state index in [9.17, 15) is 13.2 Å². The number of carbonyl (C=O) groups is 1. The molecule has 6 nitrogen and oxygen atoms in total. The number of hydrogen-bond acceptors (Lipinski definition) is 6. The molecule has 0 aliphatic carbocycles. The predicted molar refractivity (Wildman–Crippen MR) is 89.0 cm³/mol. The lowest BCUT2D eigenvalue weighted by molar-refractivity contribution is 0.0959. The van der Waals surface area contributed by atoms with Gasteiger partial charge in [-0.25, -0.2) is 13.4 Å². The number of aryl methyl sites for hydroxylation is 2. The number of nitrogens with zero attached hydrogens (tertiary/aromatic N) is 1. The summed E-state index contributed by atoms with van der Waals surface area (Å²) in [6, 6.07) is 6.17. The zero-order valence-electron chi connectivity index (χ0n) is 13.1. The van der Waals surface area contributed by atoms with Gasteiger partial charge in [0.2, 0.25) is 0 Å². The molecule has 0 saturated carbocycles. The van der Waals surface area contributed by atoms with E-state index in [0.29, 0.717) is 16.3 Å². The molecule has 1 aromatic heterocycles. The number of ether oxygens (including phenoxy) is 1. The van der Waals surface area contributed by atoms with Gasteiger partial charge < -0.3 is 10.1 Å². The monoisotopic (exact) mass is 354 g/mol. The molecule has 1 amide bonds. The number of hydrogen-bond donors (Lipinski definition) is 1. The summed E-state index contributed by atoms with van der Waals surface area (Å²) in [7, 11) is -1.93. The lowest BCUT2D eigenvalue weighted by atomic mass is 10.3. The first-order chi connectivity index (χ1) is 10.8. The van der Waals surface area contributed by atoms with Gasteiger partial charge in [-0.3, -0.25) is 4.79 Å². The van der Waals surface area contributed by atoms with E-state index in [1.165, 1.54) is 30.6 Å². The molecule has 2 rings (SSSR count). The van der Waals surface area contributed by atoms with Crippen molar-refractivity contribution in [2.75, 3.05) is 19.4 Å². The average molecular weight is 354 g/mol. The second-order valence-corrected chi connectivity index (χ2v) is 8.21. The Balaban J connectivity index is 1.96. The van der Waals surface area contributed by atoms with Crippen LogP contribution < -0.4 is 10.1 Å². The Bertz CT molecular complexity index is 795. The van der Waals surface area contributed by atoms with Crippen LogP contribution in [0.25, 0.3) is 0 Å². The zero-order chi connectivity index (χ0) is 17.0. The van der Waals surface area contributed by atoms with Crippen molar-refractivity contribution in [2.24, 2.45) is 0 Å². The lowest BCUT2D eigenvalue weighted by Gasteiger charge is -2.07.